The van der Waals surface area contributed by atoms with Crippen molar-refractivity contribution in [1.82, 2.24) is 10.6 Å². The maximum Gasteiger partial charge on any atom is 0.569 e. The SMILES string of the molecule is CCC(C)C(=O)NCCCNCCC(=O)Nc1cccc(O[B]O)c1. The van der Waals surface area contributed by atoms with Crippen LogP contribution in [-0.4, -0.2) is 44.2 Å². The molecule has 0 heterocycles. The number of rotatable bonds is 12. The van der Waals surface area contributed by atoms with Crippen molar-refractivity contribution in [3.05, 3.63) is 24.3 Å². The summed E-state index contributed by atoms with van der Waals surface area (Å²) in [5.41, 5.74) is 0.608. The fraction of sp³-hybridized carbons (Fsp3) is 0.529. The van der Waals surface area contributed by atoms with Gasteiger partial charge in [-0.1, -0.05) is 19.9 Å². The molecule has 4 N–H and O–H groups in total. The topological polar surface area (TPSA) is 99.7 Å². The highest BCUT2D eigenvalue weighted by molar-refractivity contribution is 6.17. The molecule has 0 bridgehead atoms. The minimum atomic E-state index is -0.109. The third-order valence-electron chi connectivity index (χ3n) is 3.72. The molecule has 1 rings (SSSR count). The van der Waals surface area contributed by atoms with Gasteiger partial charge in [0.15, 0.2) is 0 Å². The summed E-state index contributed by atoms with van der Waals surface area (Å²) in [5.74, 6) is 0.475. The monoisotopic (exact) mass is 348 g/mol. The Morgan fingerprint density at radius 3 is 2.80 bits per heavy atom. The van der Waals surface area contributed by atoms with Gasteiger partial charge in [-0.3, -0.25) is 9.59 Å². The molecule has 0 saturated carbocycles. The summed E-state index contributed by atoms with van der Waals surface area (Å²) < 4.78 is 4.84. The molecule has 7 nitrogen and oxygen atoms in total. The maximum atomic E-state index is 11.9. The van der Waals surface area contributed by atoms with Crippen LogP contribution in [0.15, 0.2) is 24.3 Å². The Balaban J connectivity index is 2.11. The van der Waals surface area contributed by atoms with Crippen LogP contribution in [0.1, 0.15) is 33.1 Å². The Morgan fingerprint density at radius 1 is 1.28 bits per heavy atom. The number of benzene rings is 1. The van der Waals surface area contributed by atoms with E-state index in [4.69, 9.17) is 9.68 Å². The van der Waals surface area contributed by atoms with Crippen molar-refractivity contribution in [2.45, 2.75) is 33.1 Å². The summed E-state index contributed by atoms with van der Waals surface area (Å²) in [5, 5.41) is 17.4. The third kappa shape index (κ3) is 9.12. The summed E-state index contributed by atoms with van der Waals surface area (Å²) >= 11 is 0. The van der Waals surface area contributed by atoms with Gasteiger partial charge >= 0.3 is 7.69 Å². The molecule has 0 spiro atoms. The first kappa shape index (κ1) is 21.0. The van der Waals surface area contributed by atoms with Gasteiger partial charge in [0.2, 0.25) is 11.8 Å². The summed E-state index contributed by atoms with van der Waals surface area (Å²) in [4.78, 5) is 23.4. The van der Waals surface area contributed by atoms with Gasteiger partial charge in [-0.05, 0) is 31.5 Å². The summed E-state index contributed by atoms with van der Waals surface area (Å²) in [7, 11) is 0.593. The van der Waals surface area contributed by atoms with E-state index < -0.39 is 0 Å². The minimum Gasteiger partial charge on any atom is -0.537 e. The molecule has 0 aromatic heterocycles. The maximum absolute atomic E-state index is 11.9. The van der Waals surface area contributed by atoms with Crippen LogP contribution in [0.5, 0.6) is 5.75 Å². The van der Waals surface area contributed by atoms with Crippen molar-refractivity contribution >= 4 is 25.2 Å². The Kier molecular flexibility index (Phi) is 10.3. The molecular weight excluding hydrogens is 321 g/mol. The number of anilines is 1. The highest BCUT2D eigenvalue weighted by atomic mass is 16.5. The second kappa shape index (κ2) is 12.3. The van der Waals surface area contributed by atoms with E-state index in [-0.39, 0.29) is 17.7 Å². The lowest BCUT2D eigenvalue weighted by molar-refractivity contribution is -0.124. The number of carbonyl (C=O) groups is 2. The molecule has 0 aliphatic heterocycles. The fourth-order valence-electron chi connectivity index (χ4n) is 2.04. The van der Waals surface area contributed by atoms with E-state index in [9.17, 15) is 9.59 Å². The molecule has 1 aromatic rings. The van der Waals surface area contributed by atoms with Gasteiger partial charge < -0.3 is 25.6 Å². The summed E-state index contributed by atoms with van der Waals surface area (Å²) in [6.07, 6.45) is 2.00. The Morgan fingerprint density at radius 2 is 2.08 bits per heavy atom. The number of hydrogen-bond donors (Lipinski definition) is 4. The molecule has 8 heteroatoms. The van der Waals surface area contributed by atoms with Crippen molar-refractivity contribution in [3.8, 4) is 5.75 Å². The van der Waals surface area contributed by atoms with Crippen LogP contribution in [0.2, 0.25) is 0 Å². The molecule has 1 atom stereocenters. The predicted molar refractivity (Wildman–Crippen MR) is 98.2 cm³/mol. The average Bonchev–Trinajstić information content (AvgIpc) is 2.60. The molecule has 0 saturated heterocycles. The van der Waals surface area contributed by atoms with Gasteiger partial charge in [0.1, 0.15) is 5.75 Å². The molecule has 0 aliphatic rings. The van der Waals surface area contributed by atoms with Crippen LogP contribution in [0.3, 0.4) is 0 Å². The molecule has 2 amide bonds. The van der Waals surface area contributed by atoms with E-state index in [0.717, 1.165) is 19.4 Å². The first-order chi connectivity index (χ1) is 12.1. The average molecular weight is 348 g/mol. The van der Waals surface area contributed by atoms with Gasteiger partial charge in [0.05, 0.1) is 0 Å². The van der Waals surface area contributed by atoms with Crippen molar-refractivity contribution in [2.75, 3.05) is 25.0 Å². The quantitative estimate of drug-likeness (QED) is 0.334. The molecule has 1 unspecified atom stereocenters. The molecule has 1 aromatic carbocycles. The van der Waals surface area contributed by atoms with E-state index in [0.29, 0.717) is 38.6 Å². The first-order valence-corrected chi connectivity index (χ1v) is 8.57. The van der Waals surface area contributed by atoms with Crippen LogP contribution in [0.25, 0.3) is 0 Å². The zero-order chi connectivity index (χ0) is 18.5. The lowest BCUT2D eigenvalue weighted by Crippen LogP contribution is -2.31. The molecule has 0 aliphatic carbocycles. The zero-order valence-electron chi connectivity index (χ0n) is 14.9. The van der Waals surface area contributed by atoms with Crippen LogP contribution in [0.4, 0.5) is 5.69 Å². The van der Waals surface area contributed by atoms with Crippen molar-refractivity contribution in [1.29, 1.82) is 0 Å². The van der Waals surface area contributed by atoms with Crippen LogP contribution < -0.4 is 20.6 Å². The third-order valence-corrected chi connectivity index (χ3v) is 3.72. The first-order valence-electron chi connectivity index (χ1n) is 8.57. The zero-order valence-corrected chi connectivity index (χ0v) is 14.9. The smallest absolute Gasteiger partial charge is 0.537 e. The number of hydrogen-bond acceptors (Lipinski definition) is 5. The standard InChI is InChI=1S/C17H27BN3O4/c1-3-13(2)17(23)20-10-5-9-19-11-8-16(22)21-14-6-4-7-15(12-14)25-18-24/h4,6-7,12-13,19,24H,3,5,8-11H2,1-2H3,(H,20,23)(H,21,22). The minimum absolute atomic E-state index is 0.0517. The lowest BCUT2D eigenvalue weighted by Gasteiger charge is -2.10. The van der Waals surface area contributed by atoms with Crippen LogP contribution in [0, 0.1) is 5.92 Å². The van der Waals surface area contributed by atoms with Crippen molar-refractivity contribution in [3.63, 3.8) is 0 Å². The molecule has 137 valence electrons. The van der Waals surface area contributed by atoms with E-state index in [2.05, 4.69) is 16.0 Å². The molecule has 25 heavy (non-hydrogen) atoms. The molecule has 1 radical (unpaired) electrons. The second-order valence-electron chi connectivity index (χ2n) is 5.75. The van der Waals surface area contributed by atoms with Gasteiger partial charge in [0, 0.05) is 37.2 Å². The Hall–Kier alpha value is -2.06. The highest BCUT2D eigenvalue weighted by Gasteiger charge is 2.08. The van der Waals surface area contributed by atoms with Crippen molar-refractivity contribution < 1.29 is 19.3 Å². The summed E-state index contributed by atoms with van der Waals surface area (Å²) in [6, 6.07) is 6.76. The molecule has 0 fully saturated rings. The van der Waals surface area contributed by atoms with Crippen LogP contribution >= 0.6 is 0 Å². The van der Waals surface area contributed by atoms with Gasteiger partial charge in [-0.15, -0.1) is 0 Å². The second-order valence-corrected chi connectivity index (χ2v) is 5.75. The van der Waals surface area contributed by atoms with Gasteiger partial charge in [-0.2, -0.15) is 0 Å². The Bertz CT molecular complexity index is 542. The van der Waals surface area contributed by atoms with Crippen molar-refractivity contribution in [2.24, 2.45) is 5.92 Å². The normalized spacial score (nSPS) is 11.5. The number of amides is 2. The van der Waals surface area contributed by atoms with E-state index in [1.807, 2.05) is 13.8 Å². The predicted octanol–water partition coefficient (Wildman–Crippen LogP) is 1.06. The number of carbonyl (C=O) groups excluding carboxylic acids is 2. The van der Waals surface area contributed by atoms with Crippen LogP contribution in [-0.2, 0) is 9.59 Å². The van der Waals surface area contributed by atoms with E-state index in [1.165, 1.54) is 0 Å². The number of nitrogens with one attached hydrogen (secondary N) is 3. The van der Waals surface area contributed by atoms with E-state index >= 15 is 0 Å². The van der Waals surface area contributed by atoms with E-state index in [1.54, 1.807) is 24.3 Å². The Labute approximate surface area is 149 Å². The highest BCUT2D eigenvalue weighted by Crippen LogP contribution is 2.16. The lowest BCUT2D eigenvalue weighted by atomic mass is 10.1. The molecular formula is C17H27BN3O4. The largest absolute Gasteiger partial charge is 0.569 e. The summed E-state index contributed by atoms with van der Waals surface area (Å²) in [6.45, 7) is 5.84. The van der Waals surface area contributed by atoms with Gasteiger partial charge in [-0.25, -0.2) is 0 Å². The van der Waals surface area contributed by atoms with Gasteiger partial charge in [0.25, 0.3) is 0 Å². The fourth-order valence-corrected chi connectivity index (χ4v) is 2.04.